The highest BCUT2D eigenvalue weighted by Gasteiger charge is 2.15. The molecule has 1 aliphatic rings. The van der Waals surface area contributed by atoms with E-state index < -0.39 is 0 Å². The molecule has 0 radical (unpaired) electrons. The van der Waals surface area contributed by atoms with Crippen LogP contribution in [0.3, 0.4) is 0 Å². The average Bonchev–Trinajstić information content (AvgIpc) is 2.71. The Labute approximate surface area is 114 Å². The van der Waals surface area contributed by atoms with Crippen molar-refractivity contribution in [1.82, 2.24) is 10.3 Å². The van der Waals surface area contributed by atoms with E-state index in [4.69, 9.17) is 23.2 Å². The Hall–Kier alpha value is -0.610. The number of nitrogens with one attached hydrogen (secondary N) is 1. The Balaban J connectivity index is 2.05. The first-order chi connectivity index (χ1) is 8.22. The molecule has 0 saturated heterocycles. The summed E-state index contributed by atoms with van der Waals surface area (Å²) in [6.07, 6.45) is 1.00. The van der Waals surface area contributed by atoms with Crippen LogP contribution in [0, 0.1) is 0 Å². The van der Waals surface area contributed by atoms with Crippen LogP contribution in [0.5, 0.6) is 0 Å². The second kappa shape index (κ2) is 4.58. The molecule has 2 nitrogen and oxygen atoms in total. The first-order valence-electron chi connectivity index (χ1n) is 5.38. The summed E-state index contributed by atoms with van der Waals surface area (Å²) in [6.45, 7) is 1.92. The zero-order chi connectivity index (χ0) is 11.8. The minimum absolute atomic E-state index is 0.652. The molecule has 5 heteroatoms. The molecule has 2 aromatic rings. The van der Waals surface area contributed by atoms with Crippen LogP contribution in [0.15, 0.2) is 18.2 Å². The highest BCUT2D eigenvalue weighted by Crippen LogP contribution is 2.32. The van der Waals surface area contributed by atoms with E-state index in [1.165, 1.54) is 10.6 Å². The van der Waals surface area contributed by atoms with E-state index in [2.05, 4.69) is 10.3 Å². The lowest BCUT2D eigenvalue weighted by atomic mass is 10.2. The average molecular weight is 285 g/mol. The van der Waals surface area contributed by atoms with Crippen LogP contribution in [-0.4, -0.2) is 11.5 Å². The molecule has 0 fully saturated rings. The molecule has 2 heterocycles. The molecule has 0 spiro atoms. The van der Waals surface area contributed by atoms with E-state index in [1.807, 2.05) is 12.1 Å². The van der Waals surface area contributed by atoms with Gasteiger partial charge in [0.1, 0.15) is 5.01 Å². The van der Waals surface area contributed by atoms with Gasteiger partial charge in [-0.3, -0.25) is 0 Å². The van der Waals surface area contributed by atoms with Crippen LogP contribution in [0.1, 0.15) is 10.6 Å². The van der Waals surface area contributed by atoms with Crippen LogP contribution < -0.4 is 5.32 Å². The molecular weight excluding hydrogens is 275 g/mol. The summed E-state index contributed by atoms with van der Waals surface area (Å²) < 4.78 is 0. The second-order valence-corrected chi connectivity index (χ2v) is 5.93. The van der Waals surface area contributed by atoms with Crippen molar-refractivity contribution in [3.05, 3.63) is 38.8 Å². The Morgan fingerprint density at radius 3 is 2.65 bits per heavy atom. The summed E-state index contributed by atoms with van der Waals surface area (Å²) >= 11 is 13.7. The lowest BCUT2D eigenvalue weighted by Gasteiger charge is -2.09. The van der Waals surface area contributed by atoms with Crippen molar-refractivity contribution in [3.63, 3.8) is 0 Å². The fraction of sp³-hybridized carbons (Fsp3) is 0.250. The minimum Gasteiger partial charge on any atom is -0.311 e. The molecule has 0 atom stereocenters. The molecule has 88 valence electrons. The lowest BCUT2D eigenvalue weighted by Crippen LogP contribution is -2.22. The molecule has 0 unspecified atom stereocenters. The molecule has 1 aromatic carbocycles. The number of thiazole rings is 1. The van der Waals surface area contributed by atoms with Crippen molar-refractivity contribution in [2.75, 3.05) is 6.54 Å². The Bertz CT molecular complexity index is 522. The van der Waals surface area contributed by atoms with Gasteiger partial charge in [0.15, 0.2) is 0 Å². The Morgan fingerprint density at radius 1 is 1.18 bits per heavy atom. The summed E-state index contributed by atoms with van der Waals surface area (Å²) in [5.41, 5.74) is 2.21. The van der Waals surface area contributed by atoms with E-state index in [1.54, 1.807) is 17.4 Å². The van der Waals surface area contributed by atoms with E-state index in [-0.39, 0.29) is 0 Å². The molecule has 0 aliphatic carbocycles. The summed E-state index contributed by atoms with van der Waals surface area (Å²) in [5.74, 6) is 0. The van der Waals surface area contributed by atoms with Gasteiger partial charge in [0, 0.05) is 40.0 Å². The van der Waals surface area contributed by atoms with Crippen molar-refractivity contribution in [2.24, 2.45) is 0 Å². The number of rotatable bonds is 1. The van der Waals surface area contributed by atoms with Gasteiger partial charge in [-0.15, -0.1) is 11.3 Å². The van der Waals surface area contributed by atoms with Gasteiger partial charge in [-0.05, 0) is 18.2 Å². The third kappa shape index (κ3) is 2.33. The van der Waals surface area contributed by atoms with Crippen molar-refractivity contribution in [1.29, 1.82) is 0 Å². The predicted molar refractivity (Wildman–Crippen MR) is 73.0 cm³/mol. The topological polar surface area (TPSA) is 24.9 Å². The summed E-state index contributed by atoms with van der Waals surface area (Å²) in [7, 11) is 0. The number of benzene rings is 1. The van der Waals surface area contributed by atoms with Crippen molar-refractivity contribution in [3.8, 4) is 10.6 Å². The summed E-state index contributed by atoms with van der Waals surface area (Å²) in [6, 6.07) is 5.55. The summed E-state index contributed by atoms with van der Waals surface area (Å²) in [4.78, 5) is 5.99. The van der Waals surface area contributed by atoms with Gasteiger partial charge in [-0.25, -0.2) is 4.98 Å². The number of aromatic nitrogens is 1. The van der Waals surface area contributed by atoms with E-state index in [0.29, 0.717) is 10.0 Å². The molecule has 1 aromatic heterocycles. The van der Waals surface area contributed by atoms with Crippen LogP contribution in [0.4, 0.5) is 0 Å². The van der Waals surface area contributed by atoms with Gasteiger partial charge in [-0.1, -0.05) is 23.2 Å². The minimum atomic E-state index is 0.652. The van der Waals surface area contributed by atoms with E-state index in [9.17, 15) is 0 Å². The van der Waals surface area contributed by atoms with Crippen LogP contribution >= 0.6 is 34.5 Å². The predicted octanol–water partition coefficient (Wildman–Crippen LogP) is 3.76. The highest BCUT2D eigenvalue weighted by atomic mass is 35.5. The number of nitrogens with zero attached hydrogens (tertiary/aromatic N) is 1. The monoisotopic (exact) mass is 284 g/mol. The molecule has 0 saturated carbocycles. The maximum Gasteiger partial charge on any atom is 0.124 e. The fourth-order valence-corrected chi connectivity index (χ4v) is 3.52. The molecule has 1 aliphatic heterocycles. The maximum atomic E-state index is 6.01. The smallest absolute Gasteiger partial charge is 0.124 e. The fourth-order valence-electron chi connectivity index (χ4n) is 1.93. The van der Waals surface area contributed by atoms with Gasteiger partial charge in [0.25, 0.3) is 0 Å². The molecule has 0 amide bonds. The quantitative estimate of drug-likeness (QED) is 0.863. The first kappa shape index (κ1) is 11.5. The van der Waals surface area contributed by atoms with E-state index >= 15 is 0 Å². The van der Waals surface area contributed by atoms with Gasteiger partial charge in [0.05, 0.1) is 5.69 Å². The molecule has 17 heavy (non-hydrogen) atoms. The Kier molecular flexibility index (Phi) is 3.09. The van der Waals surface area contributed by atoms with Gasteiger partial charge < -0.3 is 5.32 Å². The SMILES string of the molecule is Clc1cc(Cl)cc(-c2nc3c(s2)CNCC3)c1. The van der Waals surface area contributed by atoms with Crippen molar-refractivity contribution < 1.29 is 0 Å². The number of halogens is 2. The molecule has 0 bridgehead atoms. The Morgan fingerprint density at radius 2 is 1.94 bits per heavy atom. The molecule has 3 rings (SSSR count). The zero-order valence-electron chi connectivity index (χ0n) is 8.96. The largest absolute Gasteiger partial charge is 0.311 e. The van der Waals surface area contributed by atoms with Gasteiger partial charge >= 0.3 is 0 Å². The number of fused-ring (bicyclic) bond motifs is 1. The third-order valence-corrected chi connectivity index (χ3v) is 4.30. The van der Waals surface area contributed by atoms with Gasteiger partial charge in [0.2, 0.25) is 0 Å². The normalized spacial score (nSPS) is 14.7. The van der Waals surface area contributed by atoms with Crippen LogP contribution in [0.2, 0.25) is 10.0 Å². The third-order valence-electron chi connectivity index (χ3n) is 2.71. The molecular formula is C12H10Cl2N2S. The second-order valence-electron chi connectivity index (χ2n) is 3.97. The lowest BCUT2D eigenvalue weighted by molar-refractivity contribution is 0.644. The van der Waals surface area contributed by atoms with Crippen LogP contribution in [-0.2, 0) is 13.0 Å². The standard InChI is InChI=1S/C12H10Cl2N2S/c13-8-3-7(4-9(14)5-8)12-16-10-1-2-15-6-11(10)17-12/h3-5,15H,1-2,6H2. The maximum absolute atomic E-state index is 6.01. The van der Waals surface area contributed by atoms with Gasteiger partial charge in [-0.2, -0.15) is 0 Å². The molecule has 1 N–H and O–H groups in total. The van der Waals surface area contributed by atoms with Crippen LogP contribution in [0.25, 0.3) is 10.6 Å². The zero-order valence-corrected chi connectivity index (χ0v) is 11.3. The van der Waals surface area contributed by atoms with Crippen molar-refractivity contribution in [2.45, 2.75) is 13.0 Å². The van der Waals surface area contributed by atoms with Crippen molar-refractivity contribution >= 4 is 34.5 Å². The number of hydrogen-bond donors (Lipinski definition) is 1. The highest BCUT2D eigenvalue weighted by molar-refractivity contribution is 7.15. The van der Waals surface area contributed by atoms with E-state index in [0.717, 1.165) is 30.1 Å². The summed E-state index contributed by atoms with van der Waals surface area (Å²) in [5, 5.41) is 5.65. The first-order valence-corrected chi connectivity index (χ1v) is 6.95. The number of hydrogen-bond acceptors (Lipinski definition) is 3.